The van der Waals surface area contributed by atoms with Gasteiger partial charge in [-0.2, -0.15) is 0 Å². The minimum Gasteiger partial charge on any atom is -0.382 e. The number of halogens is 2. The Bertz CT molecular complexity index is 574. The topological polar surface area (TPSA) is 29.5 Å². The molecule has 0 aliphatic rings. The Morgan fingerprint density at radius 1 is 1.20 bits per heavy atom. The van der Waals surface area contributed by atoms with Crippen molar-refractivity contribution < 1.29 is 14.2 Å². The maximum absolute atomic E-state index is 13.2. The van der Waals surface area contributed by atoms with Gasteiger partial charge in [-0.05, 0) is 23.3 Å². The van der Waals surface area contributed by atoms with Gasteiger partial charge in [0.15, 0.2) is 0 Å². The highest BCUT2D eigenvalue weighted by molar-refractivity contribution is 6.30. The lowest BCUT2D eigenvalue weighted by molar-refractivity contribution is -0.0355. The summed E-state index contributed by atoms with van der Waals surface area (Å²) >= 11 is 5.78. The van der Waals surface area contributed by atoms with Crippen molar-refractivity contribution in [3.05, 3.63) is 70.5 Å². The Kier molecular flexibility index (Phi) is 4.76. The molecule has 4 heteroatoms. The predicted molar refractivity (Wildman–Crippen MR) is 77.3 cm³/mol. The van der Waals surface area contributed by atoms with Gasteiger partial charge in [-0.1, -0.05) is 48.0 Å². The van der Waals surface area contributed by atoms with E-state index in [-0.39, 0.29) is 11.6 Å². The standard InChI is InChI=1S/C16H16ClFO2/c1-20-11-16(19,13-5-3-2-4-6-13)10-12-7-8-15(18)14(17)9-12/h2-9,19H,10-11H2,1H3. The Labute approximate surface area is 122 Å². The van der Waals surface area contributed by atoms with Gasteiger partial charge in [-0.15, -0.1) is 0 Å². The summed E-state index contributed by atoms with van der Waals surface area (Å²) < 4.78 is 18.3. The van der Waals surface area contributed by atoms with Crippen LogP contribution in [0.2, 0.25) is 5.02 Å². The normalized spacial score (nSPS) is 14.0. The van der Waals surface area contributed by atoms with Crippen molar-refractivity contribution >= 4 is 11.6 Å². The number of rotatable bonds is 5. The summed E-state index contributed by atoms with van der Waals surface area (Å²) in [7, 11) is 1.53. The fraction of sp³-hybridized carbons (Fsp3) is 0.250. The maximum Gasteiger partial charge on any atom is 0.141 e. The van der Waals surface area contributed by atoms with Crippen LogP contribution in [0.3, 0.4) is 0 Å². The highest BCUT2D eigenvalue weighted by Gasteiger charge is 2.29. The molecule has 106 valence electrons. The van der Waals surface area contributed by atoms with E-state index in [0.717, 1.165) is 11.1 Å². The molecular weight excluding hydrogens is 279 g/mol. The zero-order valence-corrected chi connectivity index (χ0v) is 11.9. The molecule has 1 N–H and O–H groups in total. The SMILES string of the molecule is COCC(O)(Cc1ccc(F)c(Cl)c1)c1ccccc1. The summed E-state index contributed by atoms with van der Waals surface area (Å²) in [4.78, 5) is 0. The van der Waals surface area contributed by atoms with E-state index in [1.54, 1.807) is 6.07 Å². The number of aliphatic hydroxyl groups is 1. The zero-order chi connectivity index (χ0) is 14.6. The molecule has 1 unspecified atom stereocenters. The van der Waals surface area contributed by atoms with Crippen LogP contribution in [0.5, 0.6) is 0 Å². The molecule has 2 nitrogen and oxygen atoms in total. The third-order valence-electron chi connectivity index (χ3n) is 3.17. The average molecular weight is 295 g/mol. The molecule has 0 amide bonds. The second-order valence-electron chi connectivity index (χ2n) is 4.76. The van der Waals surface area contributed by atoms with E-state index in [9.17, 15) is 9.50 Å². The Balaban J connectivity index is 2.31. The molecule has 0 aliphatic carbocycles. The van der Waals surface area contributed by atoms with Gasteiger partial charge in [0.1, 0.15) is 11.4 Å². The van der Waals surface area contributed by atoms with Crippen LogP contribution in [-0.4, -0.2) is 18.8 Å². The first-order valence-electron chi connectivity index (χ1n) is 6.26. The molecule has 2 rings (SSSR count). The van der Waals surface area contributed by atoms with E-state index in [1.165, 1.54) is 19.2 Å². The Morgan fingerprint density at radius 3 is 2.50 bits per heavy atom. The minimum atomic E-state index is -1.17. The number of benzene rings is 2. The summed E-state index contributed by atoms with van der Waals surface area (Å²) in [6.45, 7) is 0.145. The van der Waals surface area contributed by atoms with E-state index in [4.69, 9.17) is 16.3 Å². The van der Waals surface area contributed by atoms with Crippen molar-refractivity contribution in [1.82, 2.24) is 0 Å². The van der Waals surface area contributed by atoms with Crippen molar-refractivity contribution in [3.8, 4) is 0 Å². The average Bonchev–Trinajstić information content (AvgIpc) is 2.44. The molecular formula is C16H16ClFO2. The predicted octanol–water partition coefficient (Wildman–Crippen LogP) is 3.56. The van der Waals surface area contributed by atoms with Gasteiger partial charge in [-0.25, -0.2) is 4.39 Å². The number of ether oxygens (including phenoxy) is 1. The molecule has 0 bridgehead atoms. The lowest BCUT2D eigenvalue weighted by Crippen LogP contribution is -2.33. The molecule has 0 aromatic heterocycles. The van der Waals surface area contributed by atoms with E-state index in [1.807, 2.05) is 30.3 Å². The first-order chi connectivity index (χ1) is 9.55. The van der Waals surface area contributed by atoms with Crippen LogP contribution in [0, 0.1) is 5.82 Å². The van der Waals surface area contributed by atoms with Gasteiger partial charge in [0.05, 0.1) is 11.6 Å². The lowest BCUT2D eigenvalue weighted by Gasteiger charge is -2.28. The first kappa shape index (κ1) is 15.0. The number of hydrogen-bond donors (Lipinski definition) is 1. The van der Waals surface area contributed by atoms with Crippen LogP contribution < -0.4 is 0 Å². The molecule has 0 spiro atoms. The molecule has 0 radical (unpaired) electrons. The van der Waals surface area contributed by atoms with Crippen LogP contribution in [0.4, 0.5) is 4.39 Å². The monoisotopic (exact) mass is 294 g/mol. The third-order valence-corrected chi connectivity index (χ3v) is 3.46. The minimum absolute atomic E-state index is 0.0512. The van der Waals surface area contributed by atoms with Crippen LogP contribution in [0.15, 0.2) is 48.5 Å². The summed E-state index contributed by atoms with van der Waals surface area (Å²) in [5.74, 6) is -0.467. The van der Waals surface area contributed by atoms with Gasteiger partial charge in [0, 0.05) is 13.5 Å². The molecule has 0 fully saturated rings. The molecule has 20 heavy (non-hydrogen) atoms. The van der Waals surface area contributed by atoms with Gasteiger partial charge < -0.3 is 9.84 Å². The van der Waals surface area contributed by atoms with Crippen LogP contribution in [0.25, 0.3) is 0 Å². The van der Waals surface area contributed by atoms with Crippen molar-refractivity contribution in [2.75, 3.05) is 13.7 Å². The van der Waals surface area contributed by atoms with Crippen LogP contribution in [0.1, 0.15) is 11.1 Å². The summed E-state index contributed by atoms with van der Waals surface area (Å²) in [5.41, 5.74) is 0.332. The van der Waals surface area contributed by atoms with Gasteiger partial charge in [0.2, 0.25) is 0 Å². The van der Waals surface area contributed by atoms with E-state index < -0.39 is 11.4 Å². The number of hydrogen-bond acceptors (Lipinski definition) is 2. The zero-order valence-electron chi connectivity index (χ0n) is 11.1. The van der Waals surface area contributed by atoms with Crippen molar-refractivity contribution in [3.63, 3.8) is 0 Å². The van der Waals surface area contributed by atoms with Gasteiger partial charge in [-0.3, -0.25) is 0 Å². The fourth-order valence-corrected chi connectivity index (χ4v) is 2.41. The number of methoxy groups -OCH3 is 1. The van der Waals surface area contributed by atoms with E-state index in [2.05, 4.69) is 0 Å². The summed E-state index contributed by atoms with van der Waals surface area (Å²) in [5, 5.41) is 10.9. The molecule has 2 aromatic carbocycles. The molecule has 1 atom stereocenters. The first-order valence-corrected chi connectivity index (χ1v) is 6.64. The van der Waals surface area contributed by atoms with Gasteiger partial charge >= 0.3 is 0 Å². The summed E-state index contributed by atoms with van der Waals surface area (Å²) in [6.07, 6.45) is 0.296. The highest BCUT2D eigenvalue weighted by atomic mass is 35.5. The molecule has 2 aromatic rings. The van der Waals surface area contributed by atoms with Crippen molar-refractivity contribution in [1.29, 1.82) is 0 Å². The second-order valence-corrected chi connectivity index (χ2v) is 5.16. The molecule has 0 aliphatic heterocycles. The van der Waals surface area contributed by atoms with E-state index >= 15 is 0 Å². The lowest BCUT2D eigenvalue weighted by atomic mass is 9.88. The molecule has 0 heterocycles. The largest absolute Gasteiger partial charge is 0.382 e. The Hall–Kier alpha value is -1.42. The van der Waals surface area contributed by atoms with Gasteiger partial charge in [0.25, 0.3) is 0 Å². The van der Waals surface area contributed by atoms with Crippen molar-refractivity contribution in [2.24, 2.45) is 0 Å². The van der Waals surface area contributed by atoms with E-state index in [0.29, 0.717) is 6.42 Å². The summed E-state index contributed by atoms with van der Waals surface area (Å²) in [6, 6.07) is 13.7. The van der Waals surface area contributed by atoms with Crippen molar-refractivity contribution in [2.45, 2.75) is 12.0 Å². The smallest absolute Gasteiger partial charge is 0.141 e. The Morgan fingerprint density at radius 2 is 1.90 bits per heavy atom. The third kappa shape index (κ3) is 3.37. The maximum atomic E-state index is 13.2. The highest BCUT2D eigenvalue weighted by Crippen LogP contribution is 2.28. The fourth-order valence-electron chi connectivity index (χ4n) is 2.21. The second kappa shape index (κ2) is 6.35. The molecule has 0 saturated heterocycles. The van der Waals surface area contributed by atoms with Crippen LogP contribution in [-0.2, 0) is 16.8 Å². The van der Waals surface area contributed by atoms with Crippen LogP contribution >= 0.6 is 11.6 Å². The quantitative estimate of drug-likeness (QED) is 0.914. The molecule has 0 saturated carbocycles.